The van der Waals surface area contributed by atoms with Gasteiger partial charge in [0.05, 0.1) is 23.5 Å². The average Bonchev–Trinajstić information content (AvgIpc) is 3.73. The summed E-state index contributed by atoms with van der Waals surface area (Å²) in [5, 5.41) is 10.2. The van der Waals surface area contributed by atoms with Gasteiger partial charge in [0.15, 0.2) is 0 Å². The number of carbonyl (C=O) groups excluding carboxylic acids is 2. The molecule has 0 saturated heterocycles. The van der Waals surface area contributed by atoms with Gasteiger partial charge in [0, 0.05) is 42.2 Å². The van der Waals surface area contributed by atoms with Gasteiger partial charge in [-0.05, 0) is 62.6 Å². The van der Waals surface area contributed by atoms with Crippen molar-refractivity contribution < 1.29 is 22.8 Å². The zero-order valence-electron chi connectivity index (χ0n) is 23.0. The van der Waals surface area contributed by atoms with Gasteiger partial charge in [-0.1, -0.05) is 12.1 Å². The van der Waals surface area contributed by atoms with Gasteiger partial charge in [-0.15, -0.1) is 0 Å². The Hall–Kier alpha value is -4.94. The molecule has 2 aromatic heterocycles. The molecule has 1 fully saturated rings. The van der Waals surface area contributed by atoms with Gasteiger partial charge in [-0.25, -0.2) is 9.78 Å². The van der Waals surface area contributed by atoms with Gasteiger partial charge in [-0.2, -0.15) is 23.3 Å². The van der Waals surface area contributed by atoms with E-state index in [1.807, 2.05) is 27.0 Å². The molecule has 2 N–H and O–H groups in total. The maximum Gasteiger partial charge on any atom is 0.416 e. The average molecular weight is 577 g/mol. The zero-order valence-corrected chi connectivity index (χ0v) is 23.0. The summed E-state index contributed by atoms with van der Waals surface area (Å²) in [4.78, 5) is 39.2. The number of urea groups is 1. The predicted molar refractivity (Wildman–Crippen MR) is 151 cm³/mol. The first-order valence-electron chi connectivity index (χ1n) is 13.3. The number of aromatic nitrogens is 4. The van der Waals surface area contributed by atoms with Crippen molar-refractivity contribution in [3.8, 4) is 0 Å². The number of nitrogens with one attached hydrogen (secondary N) is 2. The third-order valence-corrected chi connectivity index (χ3v) is 7.20. The molecule has 0 unspecified atom stereocenters. The lowest BCUT2D eigenvalue weighted by molar-refractivity contribution is -0.137. The summed E-state index contributed by atoms with van der Waals surface area (Å²) in [6.45, 7) is 3.93. The lowest BCUT2D eigenvalue weighted by Gasteiger charge is -2.37. The van der Waals surface area contributed by atoms with E-state index in [1.165, 1.54) is 12.1 Å². The molecule has 3 amide bonds. The third kappa shape index (κ3) is 5.24. The Morgan fingerprint density at radius 1 is 1.07 bits per heavy atom. The van der Waals surface area contributed by atoms with Crippen LogP contribution in [-0.2, 0) is 19.8 Å². The highest BCUT2D eigenvalue weighted by Gasteiger charge is 2.42. The van der Waals surface area contributed by atoms with E-state index >= 15 is 0 Å². The van der Waals surface area contributed by atoms with Crippen LogP contribution in [0.3, 0.4) is 0 Å². The van der Waals surface area contributed by atoms with Crippen LogP contribution < -0.4 is 20.4 Å². The predicted octanol–water partition coefficient (Wildman–Crippen LogP) is 5.95. The standard InChI is InChI=1S/C29H27F3N8O2/c1-16-7-8-21(34-26(41)18-5-4-6-20(12-18)29(30,31)32)13-23(16)39-15-19-14-33-27(35-24-11-17(2)37-38(24)3)36-25(19)40(28(39)42)22-9-10-22/h4-8,11-14,22H,9-10,15H2,1-3H3,(H,34,41)(H,33,35,36). The molecule has 3 heterocycles. The van der Waals surface area contributed by atoms with E-state index in [4.69, 9.17) is 4.98 Å². The summed E-state index contributed by atoms with van der Waals surface area (Å²) in [7, 11) is 1.81. The van der Waals surface area contributed by atoms with Crippen LogP contribution in [0.2, 0.25) is 0 Å². The molecule has 1 aliphatic heterocycles. The first-order chi connectivity index (χ1) is 20.0. The van der Waals surface area contributed by atoms with Crippen LogP contribution >= 0.6 is 0 Å². The number of alkyl halides is 3. The molecule has 0 radical (unpaired) electrons. The molecule has 2 aliphatic rings. The van der Waals surface area contributed by atoms with Crippen molar-refractivity contribution in [1.29, 1.82) is 0 Å². The molecule has 0 spiro atoms. The maximum atomic E-state index is 13.9. The van der Waals surface area contributed by atoms with Gasteiger partial charge in [-0.3, -0.25) is 19.3 Å². The number of halogens is 3. The smallest absolute Gasteiger partial charge is 0.322 e. The van der Waals surface area contributed by atoms with E-state index in [-0.39, 0.29) is 24.2 Å². The highest BCUT2D eigenvalue weighted by molar-refractivity contribution is 6.08. The Balaban J connectivity index is 1.28. The van der Waals surface area contributed by atoms with Crippen LogP contribution in [-0.4, -0.2) is 37.7 Å². The fraction of sp³-hybridized carbons (Fsp3) is 0.276. The van der Waals surface area contributed by atoms with Crippen LogP contribution in [0.25, 0.3) is 0 Å². The van der Waals surface area contributed by atoms with E-state index in [9.17, 15) is 22.8 Å². The molecule has 4 aromatic rings. The largest absolute Gasteiger partial charge is 0.416 e. The minimum Gasteiger partial charge on any atom is -0.322 e. The van der Waals surface area contributed by atoms with Crippen LogP contribution in [0.4, 0.5) is 46.9 Å². The SMILES string of the molecule is Cc1cc(Nc2ncc3c(n2)N(C2CC2)C(=O)N(c2cc(NC(=O)c4cccc(C(F)(F)F)c4)ccc2C)C3)n(C)n1. The van der Waals surface area contributed by atoms with E-state index in [1.54, 1.807) is 38.9 Å². The highest BCUT2D eigenvalue weighted by atomic mass is 19.4. The van der Waals surface area contributed by atoms with Crippen LogP contribution in [0.1, 0.15) is 45.6 Å². The summed E-state index contributed by atoms with van der Waals surface area (Å²) < 4.78 is 41.1. The maximum absolute atomic E-state index is 13.9. The van der Waals surface area contributed by atoms with Gasteiger partial charge in [0.2, 0.25) is 5.95 Å². The second-order valence-corrected chi connectivity index (χ2v) is 10.5. The van der Waals surface area contributed by atoms with Crippen molar-refractivity contribution in [2.45, 2.75) is 45.5 Å². The Labute approximate surface area is 239 Å². The second-order valence-electron chi connectivity index (χ2n) is 10.5. The monoisotopic (exact) mass is 576 g/mol. The molecule has 10 nitrogen and oxygen atoms in total. The minimum absolute atomic E-state index is 0.00449. The number of amides is 3. The molecule has 6 rings (SSSR count). The number of benzene rings is 2. The van der Waals surface area contributed by atoms with E-state index in [2.05, 4.69) is 20.7 Å². The number of nitrogens with zero attached hydrogens (tertiary/aromatic N) is 6. The lowest BCUT2D eigenvalue weighted by Crippen LogP contribution is -2.49. The van der Waals surface area contributed by atoms with E-state index < -0.39 is 17.6 Å². The molecule has 42 heavy (non-hydrogen) atoms. The van der Waals surface area contributed by atoms with Crippen molar-refractivity contribution in [2.75, 3.05) is 20.4 Å². The molecular formula is C29H27F3N8O2. The molecule has 0 bridgehead atoms. The van der Waals surface area contributed by atoms with Gasteiger partial charge < -0.3 is 10.6 Å². The van der Waals surface area contributed by atoms with Crippen LogP contribution in [0.5, 0.6) is 0 Å². The van der Waals surface area contributed by atoms with Crippen molar-refractivity contribution in [2.24, 2.45) is 7.05 Å². The minimum atomic E-state index is -4.57. The molecule has 1 saturated carbocycles. The summed E-state index contributed by atoms with van der Waals surface area (Å²) in [5.74, 6) is 0.914. The normalized spacial score (nSPS) is 15.0. The van der Waals surface area contributed by atoms with Crippen LogP contribution in [0.15, 0.2) is 54.7 Å². The first-order valence-corrected chi connectivity index (χ1v) is 13.3. The number of fused-ring (bicyclic) bond motifs is 1. The third-order valence-electron chi connectivity index (χ3n) is 7.20. The molecule has 216 valence electrons. The second kappa shape index (κ2) is 10.2. The first kappa shape index (κ1) is 27.2. The summed E-state index contributed by atoms with van der Waals surface area (Å²) in [5.41, 5.74) is 2.25. The Kier molecular flexibility index (Phi) is 6.59. The number of carbonyl (C=O) groups is 2. The Morgan fingerprint density at radius 2 is 1.86 bits per heavy atom. The van der Waals surface area contributed by atoms with Crippen molar-refractivity contribution in [1.82, 2.24) is 19.7 Å². The number of rotatable bonds is 6. The highest BCUT2D eigenvalue weighted by Crippen LogP contribution is 2.40. The molecule has 13 heteroatoms. The summed E-state index contributed by atoms with van der Waals surface area (Å²) in [6, 6.07) is 10.9. The Bertz CT molecular complexity index is 1710. The number of anilines is 5. The van der Waals surface area contributed by atoms with Gasteiger partial charge >= 0.3 is 12.2 Å². The zero-order chi connectivity index (χ0) is 29.8. The molecular weight excluding hydrogens is 549 g/mol. The summed E-state index contributed by atoms with van der Waals surface area (Å²) >= 11 is 0. The molecule has 0 atom stereocenters. The van der Waals surface area contributed by atoms with Crippen LogP contribution in [0, 0.1) is 13.8 Å². The Morgan fingerprint density at radius 3 is 2.55 bits per heavy atom. The quantitative estimate of drug-likeness (QED) is 0.294. The fourth-order valence-corrected chi connectivity index (χ4v) is 4.95. The van der Waals surface area contributed by atoms with E-state index in [0.29, 0.717) is 29.0 Å². The summed E-state index contributed by atoms with van der Waals surface area (Å²) in [6.07, 6.45) is -1.18. The van der Waals surface area contributed by atoms with E-state index in [0.717, 1.165) is 41.8 Å². The lowest BCUT2D eigenvalue weighted by atomic mass is 10.1. The topological polar surface area (TPSA) is 108 Å². The number of hydrogen-bond donors (Lipinski definition) is 2. The van der Waals surface area contributed by atoms with Crippen molar-refractivity contribution in [3.63, 3.8) is 0 Å². The number of hydrogen-bond acceptors (Lipinski definition) is 6. The van der Waals surface area contributed by atoms with Gasteiger partial charge in [0.25, 0.3) is 5.91 Å². The fourth-order valence-electron chi connectivity index (χ4n) is 4.95. The number of aryl methyl sites for hydroxylation is 3. The molecule has 1 aliphatic carbocycles. The van der Waals surface area contributed by atoms with Crippen molar-refractivity contribution in [3.05, 3.63) is 82.7 Å². The molecule has 2 aromatic carbocycles. The van der Waals surface area contributed by atoms with Gasteiger partial charge in [0.1, 0.15) is 11.6 Å². The van der Waals surface area contributed by atoms with Crippen molar-refractivity contribution >= 4 is 40.9 Å².